The molecule has 0 saturated heterocycles. The van der Waals surface area contributed by atoms with Crippen LogP contribution in [0.2, 0.25) is 0 Å². The largest absolute Gasteiger partial charge is 0.382 e. The Labute approximate surface area is 92.6 Å². The van der Waals surface area contributed by atoms with Gasteiger partial charge in [0.15, 0.2) is 17.0 Å². The van der Waals surface area contributed by atoms with Crippen LogP contribution in [0.5, 0.6) is 0 Å². The number of nitrogens with two attached hydrogens (primary N) is 1. The maximum atomic E-state index is 5.69. The Bertz CT molecular complexity index is 482. The number of methoxy groups -OCH3 is 1. The van der Waals surface area contributed by atoms with Crippen molar-refractivity contribution in [2.45, 2.75) is 19.4 Å². The number of hydrogen-bond acceptors (Lipinski definition) is 6. The van der Waals surface area contributed by atoms with Gasteiger partial charge in [-0.1, -0.05) is 12.1 Å². The molecular weight excluding hydrogens is 208 g/mol. The van der Waals surface area contributed by atoms with E-state index in [0.717, 1.165) is 6.42 Å². The molecule has 2 rings (SSSR count). The van der Waals surface area contributed by atoms with Crippen molar-refractivity contribution >= 4 is 17.0 Å². The van der Waals surface area contributed by atoms with Gasteiger partial charge in [0, 0.05) is 7.11 Å². The lowest BCUT2D eigenvalue weighted by Gasteiger charge is -2.13. The first-order chi connectivity index (χ1) is 7.77. The van der Waals surface area contributed by atoms with E-state index in [4.69, 9.17) is 10.5 Å². The van der Waals surface area contributed by atoms with E-state index < -0.39 is 0 Å². The molecule has 2 heterocycles. The van der Waals surface area contributed by atoms with Crippen LogP contribution in [-0.2, 0) is 4.74 Å². The lowest BCUT2D eigenvalue weighted by Crippen LogP contribution is -2.15. The van der Waals surface area contributed by atoms with Crippen LogP contribution in [-0.4, -0.2) is 38.7 Å². The number of nitrogens with zero attached hydrogens (tertiary/aromatic N) is 5. The Balaban J connectivity index is 2.48. The summed E-state index contributed by atoms with van der Waals surface area (Å²) in [6.45, 7) is 2.63. The number of aromatic nitrogens is 5. The Morgan fingerprint density at radius 3 is 3.00 bits per heavy atom. The summed E-state index contributed by atoms with van der Waals surface area (Å²) in [7, 11) is 1.66. The lowest BCUT2D eigenvalue weighted by molar-refractivity contribution is 0.148. The van der Waals surface area contributed by atoms with Crippen molar-refractivity contribution in [3.05, 3.63) is 6.33 Å². The van der Waals surface area contributed by atoms with Crippen LogP contribution in [0.1, 0.15) is 19.4 Å². The molecule has 0 spiro atoms. The SMILES string of the molecule is CCC(COC)n1nnc2c(N)ncnc21. The van der Waals surface area contributed by atoms with E-state index in [-0.39, 0.29) is 6.04 Å². The van der Waals surface area contributed by atoms with Crippen molar-refractivity contribution in [1.82, 2.24) is 25.0 Å². The van der Waals surface area contributed by atoms with Crippen molar-refractivity contribution in [1.29, 1.82) is 0 Å². The minimum Gasteiger partial charge on any atom is -0.382 e. The second-order valence-electron chi connectivity index (χ2n) is 3.48. The molecule has 0 aliphatic heterocycles. The Morgan fingerprint density at radius 2 is 2.31 bits per heavy atom. The second-order valence-corrected chi connectivity index (χ2v) is 3.48. The highest BCUT2D eigenvalue weighted by atomic mass is 16.5. The first kappa shape index (κ1) is 10.7. The molecule has 2 aromatic rings. The van der Waals surface area contributed by atoms with E-state index >= 15 is 0 Å². The molecule has 0 aliphatic carbocycles. The fourth-order valence-corrected chi connectivity index (χ4v) is 1.58. The first-order valence-corrected chi connectivity index (χ1v) is 5.08. The first-order valence-electron chi connectivity index (χ1n) is 5.08. The van der Waals surface area contributed by atoms with Crippen LogP contribution in [0, 0.1) is 0 Å². The van der Waals surface area contributed by atoms with Gasteiger partial charge in [-0.2, -0.15) is 0 Å². The van der Waals surface area contributed by atoms with E-state index in [9.17, 15) is 0 Å². The molecule has 1 atom stereocenters. The zero-order valence-corrected chi connectivity index (χ0v) is 9.29. The Kier molecular flexibility index (Phi) is 2.95. The number of anilines is 1. The fourth-order valence-electron chi connectivity index (χ4n) is 1.58. The van der Waals surface area contributed by atoms with Crippen LogP contribution in [0.15, 0.2) is 6.33 Å². The normalized spacial score (nSPS) is 13.1. The molecule has 7 nitrogen and oxygen atoms in total. The summed E-state index contributed by atoms with van der Waals surface area (Å²) in [6.07, 6.45) is 2.30. The van der Waals surface area contributed by atoms with E-state index in [0.29, 0.717) is 23.6 Å². The van der Waals surface area contributed by atoms with Gasteiger partial charge in [0.25, 0.3) is 0 Å². The van der Waals surface area contributed by atoms with Crippen LogP contribution in [0.25, 0.3) is 11.2 Å². The molecule has 0 saturated carbocycles. The van der Waals surface area contributed by atoms with Crippen molar-refractivity contribution in [3.8, 4) is 0 Å². The molecule has 0 aromatic carbocycles. The van der Waals surface area contributed by atoms with Gasteiger partial charge < -0.3 is 10.5 Å². The topological polar surface area (TPSA) is 91.7 Å². The van der Waals surface area contributed by atoms with Crippen molar-refractivity contribution in [2.75, 3.05) is 19.5 Å². The lowest BCUT2D eigenvalue weighted by atomic mass is 10.2. The Hall–Kier alpha value is -1.76. The number of fused-ring (bicyclic) bond motifs is 1. The summed E-state index contributed by atoms with van der Waals surface area (Å²) in [5, 5.41) is 8.03. The molecule has 86 valence electrons. The molecule has 0 bridgehead atoms. The minimum absolute atomic E-state index is 0.115. The molecule has 16 heavy (non-hydrogen) atoms. The third-order valence-electron chi connectivity index (χ3n) is 2.47. The zero-order chi connectivity index (χ0) is 11.5. The van der Waals surface area contributed by atoms with Crippen molar-refractivity contribution in [2.24, 2.45) is 0 Å². The molecule has 0 fully saturated rings. The second kappa shape index (κ2) is 4.40. The maximum absolute atomic E-state index is 5.69. The quantitative estimate of drug-likeness (QED) is 0.805. The third-order valence-corrected chi connectivity index (χ3v) is 2.47. The van der Waals surface area contributed by atoms with Gasteiger partial charge in [0.2, 0.25) is 0 Å². The van der Waals surface area contributed by atoms with Gasteiger partial charge in [0.05, 0.1) is 12.6 Å². The van der Waals surface area contributed by atoms with E-state index in [1.807, 2.05) is 0 Å². The van der Waals surface area contributed by atoms with Gasteiger partial charge in [0.1, 0.15) is 6.33 Å². The molecule has 1 unspecified atom stereocenters. The number of rotatable bonds is 4. The van der Waals surface area contributed by atoms with Gasteiger partial charge >= 0.3 is 0 Å². The van der Waals surface area contributed by atoms with Gasteiger partial charge in [-0.25, -0.2) is 14.6 Å². The smallest absolute Gasteiger partial charge is 0.184 e. The molecule has 2 aromatic heterocycles. The van der Waals surface area contributed by atoms with Crippen LogP contribution < -0.4 is 5.73 Å². The van der Waals surface area contributed by atoms with Crippen LogP contribution in [0.3, 0.4) is 0 Å². The summed E-state index contributed by atoms with van der Waals surface area (Å²) in [4.78, 5) is 8.02. The molecular formula is C9H14N6O. The number of ether oxygens (including phenoxy) is 1. The summed E-state index contributed by atoms with van der Waals surface area (Å²) >= 11 is 0. The average Bonchev–Trinajstić information content (AvgIpc) is 2.71. The molecule has 0 amide bonds. The molecule has 7 heteroatoms. The standard InChI is InChI=1S/C9H14N6O/c1-3-6(4-16-2)15-9-7(13-14-15)8(10)11-5-12-9/h5-6H,3-4H2,1-2H3,(H2,10,11,12). The monoisotopic (exact) mass is 222 g/mol. The Morgan fingerprint density at radius 1 is 1.50 bits per heavy atom. The highest BCUT2D eigenvalue weighted by Gasteiger charge is 2.16. The number of nitrogen functional groups attached to an aromatic ring is 1. The minimum atomic E-state index is 0.115. The average molecular weight is 222 g/mol. The summed E-state index contributed by atoms with van der Waals surface area (Å²) in [5.41, 5.74) is 6.88. The van der Waals surface area contributed by atoms with E-state index in [2.05, 4.69) is 27.2 Å². The molecule has 2 N–H and O–H groups in total. The summed E-state index contributed by atoms with van der Waals surface area (Å²) < 4.78 is 6.87. The third kappa shape index (κ3) is 1.69. The van der Waals surface area contributed by atoms with E-state index in [1.165, 1.54) is 6.33 Å². The van der Waals surface area contributed by atoms with Crippen LogP contribution >= 0.6 is 0 Å². The summed E-state index contributed by atoms with van der Waals surface area (Å²) in [6, 6.07) is 0.115. The van der Waals surface area contributed by atoms with Gasteiger partial charge in [-0.05, 0) is 6.42 Å². The summed E-state index contributed by atoms with van der Waals surface area (Å²) in [5.74, 6) is 0.350. The zero-order valence-electron chi connectivity index (χ0n) is 9.29. The molecule has 0 radical (unpaired) electrons. The highest BCUT2D eigenvalue weighted by molar-refractivity contribution is 5.80. The number of hydrogen-bond donors (Lipinski definition) is 1. The predicted octanol–water partition coefficient (Wildman–Crippen LogP) is 0.401. The predicted molar refractivity (Wildman–Crippen MR) is 58.7 cm³/mol. The maximum Gasteiger partial charge on any atom is 0.184 e. The van der Waals surface area contributed by atoms with Crippen LogP contribution in [0.4, 0.5) is 5.82 Å². The van der Waals surface area contributed by atoms with Crippen molar-refractivity contribution in [3.63, 3.8) is 0 Å². The van der Waals surface area contributed by atoms with Gasteiger partial charge in [-0.15, -0.1) is 5.10 Å². The highest BCUT2D eigenvalue weighted by Crippen LogP contribution is 2.18. The van der Waals surface area contributed by atoms with E-state index in [1.54, 1.807) is 11.8 Å². The van der Waals surface area contributed by atoms with Crippen molar-refractivity contribution < 1.29 is 4.74 Å². The van der Waals surface area contributed by atoms with Gasteiger partial charge in [-0.3, -0.25) is 0 Å². The fraction of sp³-hybridized carbons (Fsp3) is 0.556. The molecule has 0 aliphatic rings.